The van der Waals surface area contributed by atoms with Crippen molar-refractivity contribution in [3.8, 4) is 0 Å². The Labute approximate surface area is 147 Å². The molecule has 0 N–H and O–H groups in total. The Morgan fingerprint density at radius 1 is 0.720 bits per heavy atom. The number of halogens is 3. The van der Waals surface area contributed by atoms with E-state index in [0.717, 1.165) is 11.6 Å². The minimum absolute atomic E-state index is 0.0482. The Hall–Kier alpha value is -2.33. The SMILES string of the molecule is C[C@@H](c1cccc(C(F)(F)F)c1)[SiH](c1ccccc1)c1ccccc1. The summed E-state index contributed by atoms with van der Waals surface area (Å²) in [5.74, 6) is 0. The fourth-order valence-corrected chi connectivity index (χ4v) is 6.69. The van der Waals surface area contributed by atoms with E-state index in [1.54, 1.807) is 0 Å². The highest BCUT2D eigenvalue weighted by Gasteiger charge is 2.32. The van der Waals surface area contributed by atoms with Crippen molar-refractivity contribution in [1.82, 2.24) is 0 Å². The predicted molar refractivity (Wildman–Crippen MR) is 99.2 cm³/mol. The molecule has 0 nitrogen and oxygen atoms in total. The van der Waals surface area contributed by atoms with E-state index in [9.17, 15) is 13.2 Å². The molecule has 0 aromatic heterocycles. The van der Waals surface area contributed by atoms with Crippen LogP contribution in [0.5, 0.6) is 0 Å². The maximum atomic E-state index is 13.1. The molecule has 4 heteroatoms. The van der Waals surface area contributed by atoms with E-state index in [1.807, 2.05) is 49.4 Å². The lowest BCUT2D eigenvalue weighted by molar-refractivity contribution is -0.137. The molecule has 3 aromatic carbocycles. The van der Waals surface area contributed by atoms with E-state index in [0.29, 0.717) is 0 Å². The third-order valence-corrected chi connectivity index (χ3v) is 8.15. The molecule has 0 aliphatic carbocycles. The van der Waals surface area contributed by atoms with Gasteiger partial charge in [-0.2, -0.15) is 13.2 Å². The van der Waals surface area contributed by atoms with Gasteiger partial charge in [0.15, 0.2) is 0 Å². The Bertz CT molecular complexity index is 774. The Balaban J connectivity index is 2.05. The molecular weight excluding hydrogens is 337 g/mol. The van der Waals surface area contributed by atoms with Gasteiger partial charge < -0.3 is 0 Å². The third kappa shape index (κ3) is 4.02. The summed E-state index contributed by atoms with van der Waals surface area (Å²) >= 11 is 0. The molecule has 3 rings (SSSR count). The molecule has 0 spiro atoms. The summed E-state index contributed by atoms with van der Waals surface area (Å²) in [6, 6.07) is 26.0. The highest BCUT2D eigenvalue weighted by molar-refractivity contribution is 6.86. The van der Waals surface area contributed by atoms with Crippen LogP contribution in [0.2, 0.25) is 0 Å². The van der Waals surface area contributed by atoms with Crippen LogP contribution in [0.25, 0.3) is 0 Å². The zero-order valence-electron chi connectivity index (χ0n) is 13.9. The van der Waals surface area contributed by atoms with Crippen LogP contribution in [0.1, 0.15) is 23.6 Å². The van der Waals surface area contributed by atoms with E-state index in [2.05, 4.69) is 24.3 Å². The maximum absolute atomic E-state index is 13.1. The third-order valence-electron chi connectivity index (χ3n) is 4.56. The first-order chi connectivity index (χ1) is 12.0. The second-order valence-corrected chi connectivity index (χ2v) is 9.50. The molecule has 0 radical (unpaired) electrons. The van der Waals surface area contributed by atoms with Crippen LogP contribution >= 0.6 is 0 Å². The van der Waals surface area contributed by atoms with Crippen molar-refractivity contribution in [3.63, 3.8) is 0 Å². The fraction of sp³-hybridized carbons (Fsp3) is 0.143. The quantitative estimate of drug-likeness (QED) is 0.608. The van der Waals surface area contributed by atoms with Crippen molar-refractivity contribution in [1.29, 1.82) is 0 Å². The zero-order chi connectivity index (χ0) is 17.9. The van der Waals surface area contributed by atoms with Crippen LogP contribution in [-0.2, 0) is 6.18 Å². The second-order valence-electron chi connectivity index (χ2n) is 6.21. The van der Waals surface area contributed by atoms with Gasteiger partial charge in [-0.25, -0.2) is 0 Å². The van der Waals surface area contributed by atoms with Crippen LogP contribution in [0, 0.1) is 0 Å². The largest absolute Gasteiger partial charge is 0.416 e. The van der Waals surface area contributed by atoms with Crippen molar-refractivity contribution < 1.29 is 13.2 Å². The number of hydrogen-bond acceptors (Lipinski definition) is 0. The van der Waals surface area contributed by atoms with Crippen LogP contribution in [0.3, 0.4) is 0 Å². The average molecular weight is 356 g/mol. The van der Waals surface area contributed by atoms with E-state index in [4.69, 9.17) is 0 Å². The topological polar surface area (TPSA) is 0 Å². The minimum Gasteiger partial charge on any atom is -0.166 e. The number of rotatable bonds is 4. The van der Waals surface area contributed by atoms with Crippen molar-refractivity contribution in [3.05, 3.63) is 96.1 Å². The van der Waals surface area contributed by atoms with Gasteiger partial charge in [0.2, 0.25) is 0 Å². The van der Waals surface area contributed by atoms with Gasteiger partial charge in [0.1, 0.15) is 8.80 Å². The lowest BCUT2D eigenvalue weighted by Gasteiger charge is -2.25. The Kier molecular flexibility index (Phi) is 5.09. The predicted octanol–water partition coefficient (Wildman–Crippen LogP) is 4.39. The average Bonchev–Trinajstić information content (AvgIpc) is 2.63. The minimum atomic E-state index is -4.31. The zero-order valence-corrected chi connectivity index (χ0v) is 15.0. The number of hydrogen-bond donors (Lipinski definition) is 0. The maximum Gasteiger partial charge on any atom is 0.416 e. The molecule has 0 saturated carbocycles. The Morgan fingerprint density at radius 3 is 1.72 bits per heavy atom. The number of benzene rings is 3. The fourth-order valence-electron chi connectivity index (χ4n) is 3.28. The van der Waals surface area contributed by atoms with Crippen LogP contribution < -0.4 is 10.4 Å². The van der Waals surface area contributed by atoms with E-state index in [1.165, 1.54) is 22.5 Å². The second kappa shape index (κ2) is 7.27. The van der Waals surface area contributed by atoms with Gasteiger partial charge in [0.05, 0.1) is 5.56 Å². The van der Waals surface area contributed by atoms with Gasteiger partial charge in [0, 0.05) is 0 Å². The van der Waals surface area contributed by atoms with Crippen molar-refractivity contribution in [2.45, 2.75) is 18.6 Å². The summed E-state index contributed by atoms with van der Waals surface area (Å²) in [5, 5.41) is 2.47. The smallest absolute Gasteiger partial charge is 0.166 e. The standard InChI is InChI=1S/C21H19F3Si/c1-16(17-9-8-10-18(15-17)21(22,23)24)25(19-11-4-2-5-12-19)20-13-6-3-7-14-20/h2-16,25H,1H3/t16-/m0/s1. The summed E-state index contributed by atoms with van der Waals surface area (Å²) in [5.41, 5.74) is 0.219. The molecule has 3 aromatic rings. The monoisotopic (exact) mass is 356 g/mol. The van der Waals surface area contributed by atoms with Crippen molar-refractivity contribution >= 4 is 19.2 Å². The van der Waals surface area contributed by atoms with Gasteiger partial charge in [0.25, 0.3) is 0 Å². The molecular formula is C21H19F3Si. The lowest BCUT2D eigenvalue weighted by atomic mass is 10.1. The van der Waals surface area contributed by atoms with Gasteiger partial charge in [-0.3, -0.25) is 0 Å². The first kappa shape index (κ1) is 17.5. The van der Waals surface area contributed by atoms with E-state index < -0.39 is 20.5 Å². The number of alkyl halides is 3. The molecule has 0 bridgehead atoms. The van der Waals surface area contributed by atoms with E-state index in [-0.39, 0.29) is 5.54 Å². The van der Waals surface area contributed by atoms with Crippen molar-refractivity contribution in [2.75, 3.05) is 0 Å². The highest BCUT2D eigenvalue weighted by atomic mass is 28.3. The van der Waals surface area contributed by atoms with Gasteiger partial charge in [-0.15, -0.1) is 0 Å². The normalized spacial score (nSPS) is 13.0. The highest BCUT2D eigenvalue weighted by Crippen LogP contribution is 2.31. The van der Waals surface area contributed by atoms with Crippen LogP contribution in [0.4, 0.5) is 13.2 Å². The van der Waals surface area contributed by atoms with Gasteiger partial charge in [-0.1, -0.05) is 96.2 Å². The Morgan fingerprint density at radius 2 is 1.24 bits per heavy atom. The summed E-state index contributed by atoms with van der Waals surface area (Å²) in [4.78, 5) is 0. The molecule has 25 heavy (non-hydrogen) atoms. The molecule has 1 atom stereocenters. The first-order valence-corrected chi connectivity index (χ1v) is 10.1. The van der Waals surface area contributed by atoms with E-state index >= 15 is 0 Å². The molecule has 0 heterocycles. The van der Waals surface area contributed by atoms with Gasteiger partial charge in [-0.05, 0) is 17.2 Å². The summed E-state index contributed by atoms with van der Waals surface area (Å²) in [6.07, 6.45) is -4.31. The molecule has 0 unspecified atom stereocenters. The van der Waals surface area contributed by atoms with Crippen LogP contribution in [0.15, 0.2) is 84.9 Å². The lowest BCUT2D eigenvalue weighted by Crippen LogP contribution is -2.46. The molecule has 0 fully saturated rings. The van der Waals surface area contributed by atoms with Crippen LogP contribution in [-0.4, -0.2) is 8.80 Å². The summed E-state index contributed by atoms with van der Waals surface area (Å²) < 4.78 is 39.3. The van der Waals surface area contributed by atoms with Gasteiger partial charge >= 0.3 is 6.18 Å². The molecule has 0 saturated heterocycles. The van der Waals surface area contributed by atoms with Crippen molar-refractivity contribution in [2.24, 2.45) is 0 Å². The first-order valence-electron chi connectivity index (χ1n) is 8.24. The molecule has 0 aliphatic rings. The molecule has 0 amide bonds. The summed E-state index contributed by atoms with van der Waals surface area (Å²) in [7, 11) is -1.71. The summed E-state index contributed by atoms with van der Waals surface area (Å²) in [6.45, 7) is 2.05. The molecule has 128 valence electrons. The molecule has 0 aliphatic heterocycles.